The number of carbonyl (C=O) groups is 1. The molecule has 1 amide bonds. The number of hydrogen-bond donors (Lipinski definition) is 1. The van der Waals surface area contributed by atoms with Crippen LogP contribution in [0.3, 0.4) is 0 Å². The van der Waals surface area contributed by atoms with Gasteiger partial charge in [0.15, 0.2) is 5.82 Å². The number of alkyl halides is 5. The van der Waals surface area contributed by atoms with Crippen LogP contribution in [0.2, 0.25) is 0 Å². The molecule has 0 radical (unpaired) electrons. The molecule has 0 aromatic carbocycles. The van der Waals surface area contributed by atoms with Gasteiger partial charge in [-0.2, -0.15) is 26.9 Å². The fourth-order valence-electron chi connectivity index (χ4n) is 0.964. The summed E-state index contributed by atoms with van der Waals surface area (Å²) in [5.74, 6) is -7.51. The lowest BCUT2D eigenvalue weighted by molar-refractivity contribution is -0.269. The topological polar surface area (TPSA) is 68.0 Å². The van der Waals surface area contributed by atoms with Crippen molar-refractivity contribution in [2.45, 2.75) is 25.4 Å². The molecule has 0 fully saturated rings. The maximum absolute atomic E-state index is 12.5. The number of aromatic nitrogens is 2. The molecular weight excluding hydrogens is 265 g/mol. The lowest BCUT2D eigenvalue weighted by atomic mass is 10.3. The zero-order chi connectivity index (χ0) is 14.0. The van der Waals surface area contributed by atoms with Gasteiger partial charge in [-0.25, -0.2) is 0 Å². The predicted octanol–water partition coefficient (Wildman–Crippen LogP) is 1.23. The minimum atomic E-state index is -5.92. The number of rotatable bonds is 4. The van der Waals surface area contributed by atoms with Crippen molar-refractivity contribution in [1.29, 1.82) is 0 Å². The average Bonchev–Trinajstić information content (AvgIpc) is 2.62. The first-order chi connectivity index (χ1) is 8.14. The van der Waals surface area contributed by atoms with Crippen LogP contribution in [0.15, 0.2) is 4.52 Å². The van der Waals surface area contributed by atoms with Crippen molar-refractivity contribution in [3.05, 3.63) is 11.7 Å². The summed E-state index contributed by atoms with van der Waals surface area (Å²) in [7, 11) is 0. The molecule has 1 N–H and O–H groups in total. The maximum atomic E-state index is 12.5. The Balaban J connectivity index is 2.47. The lowest BCUT2D eigenvalue weighted by Gasteiger charge is -2.18. The van der Waals surface area contributed by atoms with Crippen LogP contribution in [0.5, 0.6) is 0 Å². The van der Waals surface area contributed by atoms with Gasteiger partial charge in [0.1, 0.15) is 0 Å². The van der Waals surface area contributed by atoms with Gasteiger partial charge >= 0.3 is 12.1 Å². The number of aryl methyl sites for hydroxylation is 1. The molecule has 1 aromatic heterocycles. The van der Waals surface area contributed by atoms with Gasteiger partial charge in [0.05, 0.1) is 0 Å². The van der Waals surface area contributed by atoms with E-state index < -0.39 is 24.6 Å². The zero-order valence-electron chi connectivity index (χ0n) is 9.01. The smallest absolute Gasteiger partial charge is 0.350 e. The number of hydrogen-bond acceptors (Lipinski definition) is 4. The molecule has 10 heteroatoms. The van der Waals surface area contributed by atoms with Gasteiger partial charge in [0.2, 0.25) is 5.89 Å². The summed E-state index contributed by atoms with van der Waals surface area (Å²) in [5.41, 5.74) is 0. The molecule has 1 aromatic rings. The summed E-state index contributed by atoms with van der Waals surface area (Å²) in [6.45, 7) is 1.04. The monoisotopic (exact) mass is 273 g/mol. The Kier molecular flexibility index (Phi) is 3.87. The molecule has 1 rings (SSSR count). The van der Waals surface area contributed by atoms with Crippen LogP contribution < -0.4 is 5.32 Å². The SMILES string of the molecule is Cc1noc(CCNC(=O)C(F)(F)C(F)(F)F)n1. The van der Waals surface area contributed by atoms with Gasteiger partial charge in [-0.05, 0) is 6.92 Å². The van der Waals surface area contributed by atoms with Gasteiger partial charge in [-0.15, -0.1) is 0 Å². The molecule has 5 nitrogen and oxygen atoms in total. The first-order valence-electron chi connectivity index (χ1n) is 4.66. The molecule has 0 atom stereocenters. The highest BCUT2D eigenvalue weighted by atomic mass is 19.4. The lowest BCUT2D eigenvalue weighted by Crippen LogP contribution is -2.50. The Bertz CT molecular complexity index is 429. The second-order valence-electron chi connectivity index (χ2n) is 3.31. The van der Waals surface area contributed by atoms with Crippen molar-refractivity contribution in [3.8, 4) is 0 Å². The van der Waals surface area contributed by atoms with Gasteiger partial charge in [0.25, 0.3) is 5.91 Å². The second-order valence-corrected chi connectivity index (χ2v) is 3.31. The van der Waals surface area contributed by atoms with Gasteiger partial charge in [-0.3, -0.25) is 4.79 Å². The van der Waals surface area contributed by atoms with E-state index in [1.165, 1.54) is 12.2 Å². The molecule has 0 bridgehead atoms. The van der Waals surface area contributed by atoms with Gasteiger partial charge in [0, 0.05) is 13.0 Å². The van der Waals surface area contributed by atoms with E-state index in [0.29, 0.717) is 0 Å². The first-order valence-corrected chi connectivity index (χ1v) is 4.66. The number of nitrogens with one attached hydrogen (secondary N) is 1. The van der Waals surface area contributed by atoms with Crippen LogP contribution in [0.4, 0.5) is 22.0 Å². The van der Waals surface area contributed by atoms with Crippen LogP contribution in [0.25, 0.3) is 0 Å². The normalized spacial score (nSPS) is 12.6. The van der Waals surface area contributed by atoms with Crippen LogP contribution in [-0.2, 0) is 11.2 Å². The van der Waals surface area contributed by atoms with E-state index in [1.807, 2.05) is 0 Å². The van der Waals surface area contributed by atoms with E-state index in [1.54, 1.807) is 0 Å². The Morgan fingerprint density at radius 1 is 1.33 bits per heavy atom. The fraction of sp³-hybridized carbons (Fsp3) is 0.625. The number of amides is 1. The highest BCUT2D eigenvalue weighted by molar-refractivity contribution is 5.84. The van der Waals surface area contributed by atoms with E-state index in [2.05, 4.69) is 14.7 Å². The van der Waals surface area contributed by atoms with Gasteiger partial charge in [-0.1, -0.05) is 5.16 Å². The summed E-state index contributed by atoms with van der Waals surface area (Å²) >= 11 is 0. The third-order valence-corrected chi connectivity index (χ3v) is 1.84. The Hall–Kier alpha value is -1.74. The van der Waals surface area contributed by atoms with Crippen molar-refractivity contribution >= 4 is 5.91 Å². The fourth-order valence-corrected chi connectivity index (χ4v) is 0.964. The number of nitrogens with zero attached hydrogens (tertiary/aromatic N) is 2. The molecule has 0 aliphatic heterocycles. The van der Waals surface area contributed by atoms with Crippen molar-refractivity contribution in [1.82, 2.24) is 15.5 Å². The summed E-state index contributed by atoms with van der Waals surface area (Å²) in [5, 5.41) is 4.83. The molecule has 0 unspecified atom stereocenters. The quantitative estimate of drug-likeness (QED) is 0.838. The van der Waals surface area contributed by atoms with Crippen LogP contribution in [0.1, 0.15) is 11.7 Å². The van der Waals surface area contributed by atoms with E-state index in [-0.39, 0.29) is 18.1 Å². The number of halogens is 5. The predicted molar refractivity (Wildman–Crippen MR) is 46.8 cm³/mol. The van der Waals surface area contributed by atoms with Crippen LogP contribution in [-0.4, -0.2) is 34.7 Å². The van der Waals surface area contributed by atoms with Crippen molar-refractivity contribution in [3.63, 3.8) is 0 Å². The minimum Gasteiger partial charge on any atom is -0.350 e. The van der Waals surface area contributed by atoms with Crippen LogP contribution >= 0.6 is 0 Å². The summed E-state index contributed by atoms with van der Waals surface area (Å²) < 4.78 is 64.9. The van der Waals surface area contributed by atoms with E-state index in [0.717, 1.165) is 0 Å². The summed E-state index contributed by atoms with van der Waals surface area (Å²) in [6, 6.07) is 0. The highest BCUT2D eigenvalue weighted by Crippen LogP contribution is 2.35. The maximum Gasteiger partial charge on any atom is 0.463 e. The molecule has 102 valence electrons. The largest absolute Gasteiger partial charge is 0.463 e. The first kappa shape index (κ1) is 14.3. The highest BCUT2D eigenvalue weighted by Gasteiger charge is 2.63. The molecule has 0 saturated heterocycles. The minimum absolute atomic E-state index is 0.0307. The Labute approximate surface area is 97.3 Å². The number of carbonyl (C=O) groups excluding carboxylic acids is 1. The van der Waals surface area contributed by atoms with Crippen molar-refractivity contribution < 1.29 is 31.3 Å². The summed E-state index contributed by atoms with van der Waals surface area (Å²) in [6.07, 6.45) is -6.06. The Morgan fingerprint density at radius 3 is 2.39 bits per heavy atom. The van der Waals surface area contributed by atoms with E-state index in [9.17, 15) is 26.7 Å². The van der Waals surface area contributed by atoms with Crippen LogP contribution in [0, 0.1) is 6.92 Å². The zero-order valence-corrected chi connectivity index (χ0v) is 9.01. The molecular formula is C8H8F5N3O2. The van der Waals surface area contributed by atoms with E-state index in [4.69, 9.17) is 0 Å². The molecule has 18 heavy (non-hydrogen) atoms. The molecule has 0 aliphatic rings. The van der Waals surface area contributed by atoms with Gasteiger partial charge < -0.3 is 9.84 Å². The standard InChI is InChI=1S/C8H8F5N3O2/c1-4-15-5(18-16-4)2-3-14-6(17)7(9,10)8(11,12)13/h2-3H2,1H3,(H,14,17). The second kappa shape index (κ2) is 4.86. The summed E-state index contributed by atoms with van der Waals surface area (Å²) in [4.78, 5) is 14.3. The third-order valence-electron chi connectivity index (χ3n) is 1.84. The molecule has 1 heterocycles. The van der Waals surface area contributed by atoms with Crippen molar-refractivity contribution in [2.75, 3.05) is 6.54 Å². The molecule has 0 saturated carbocycles. The molecule has 0 spiro atoms. The average molecular weight is 273 g/mol. The third kappa shape index (κ3) is 3.14. The molecule has 0 aliphatic carbocycles. The Morgan fingerprint density at radius 2 is 1.94 bits per heavy atom. The van der Waals surface area contributed by atoms with E-state index >= 15 is 0 Å². The van der Waals surface area contributed by atoms with Crippen molar-refractivity contribution in [2.24, 2.45) is 0 Å².